The zero-order valence-electron chi connectivity index (χ0n) is 9.21. The van der Waals surface area contributed by atoms with Crippen molar-refractivity contribution in [3.63, 3.8) is 0 Å². The van der Waals surface area contributed by atoms with Gasteiger partial charge in [0.05, 0.1) is 0 Å². The van der Waals surface area contributed by atoms with Gasteiger partial charge in [0, 0.05) is 18.7 Å². The second kappa shape index (κ2) is 4.63. The summed E-state index contributed by atoms with van der Waals surface area (Å²) in [6, 6.07) is 1.35. The molecule has 0 aliphatic heterocycles. The largest absolute Gasteiger partial charge is 0.396 e. The van der Waals surface area contributed by atoms with Crippen LogP contribution in [-0.4, -0.2) is 23.8 Å². The maximum atomic E-state index is 9.28. The van der Waals surface area contributed by atoms with E-state index in [-0.39, 0.29) is 0 Å². The molecule has 0 spiro atoms. The van der Waals surface area contributed by atoms with E-state index in [9.17, 15) is 5.11 Å². The molecular formula is C12H23NO. The standard InChI is InChI=1S/C12H23NO/c1-9-6-11(7-9)13-12-5-3-2-4-10(12)8-14/h9-14H,2-8H2,1H3. The van der Waals surface area contributed by atoms with Crippen LogP contribution in [0.2, 0.25) is 0 Å². The number of rotatable bonds is 3. The van der Waals surface area contributed by atoms with Gasteiger partial charge in [-0.3, -0.25) is 0 Å². The third kappa shape index (κ3) is 2.29. The lowest BCUT2D eigenvalue weighted by molar-refractivity contribution is 0.122. The topological polar surface area (TPSA) is 32.3 Å². The highest BCUT2D eigenvalue weighted by atomic mass is 16.3. The molecule has 82 valence electrons. The Morgan fingerprint density at radius 1 is 1.21 bits per heavy atom. The number of hydrogen-bond donors (Lipinski definition) is 2. The zero-order chi connectivity index (χ0) is 9.97. The molecule has 2 nitrogen and oxygen atoms in total. The van der Waals surface area contributed by atoms with E-state index in [2.05, 4.69) is 12.2 Å². The van der Waals surface area contributed by atoms with E-state index < -0.39 is 0 Å². The fourth-order valence-corrected chi connectivity index (χ4v) is 2.99. The summed E-state index contributed by atoms with van der Waals surface area (Å²) in [5.41, 5.74) is 0. The van der Waals surface area contributed by atoms with Gasteiger partial charge in [-0.25, -0.2) is 0 Å². The summed E-state index contributed by atoms with van der Waals surface area (Å²) < 4.78 is 0. The average Bonchev–Trinajstić information content (AvgIpc) is 2.16. The molecule has 2 atom stereocenters. The van der Waals surface area contributed by atoms with Crippen molar-refractivity contribution in [3.05, 3.63) is 0 Å². The van der Waals surface area contributed by atoms with Gasteiger partial charge in [0.2, 0.25) is 0 Å². The van der Waals surface area contributed by atoms with Crippen molar-refractivity contribution in [2.24, 2.45) is 11.8 Å². The van der Waals surface area contributed by atoms with Gasteiger partial charge >= 0.3 is 0 Å². The van der Waals surface area contributed by atoms with E-state index in [0.29, 0.717) is 18.6 Å². The van der Waals surface area contributed by atoms with Gasteiger partial charge in [0.1, 0.15) is 0 Å². The Morgan fingerprint density at radius 3 is 2.57 bits per heavy atom. The Bertz CT molecular complexity index is 177. The van der Waals surface area contributed by atoms with Crippen LogP contribution in [0.3, 0.4) is 0 Å². The van der Waals surface area contributed by atoms with Crippen LogP contribution in [0.15, 0.2) is 0 Å². The zero-order valence-corrected chi connectivity index (χ0v) is 9.21. The van der Waals surface area contributed by atoms with E-state index in [1.165, 1.54) is 38.5 Å². The lowest BCUT2D eigenvalue weighted by atomic mass is 9.78. The van der Waals surface area contributed by atoms with E-state index >= 15 is 0 Å². The molecule has 2 saturated carbocycles. The minimum Gasteiger partial charge on any atom is -0.396 e. The Labute approximate surface area is 87.1 Å². The molecule has 0 radical (unpaired) electrons. The summed E-state index contributed by atoms with van der Waals surface area (Å²) in [7, 11) is 0. The first-order chi connectivity index (χ1) is 6.79. The molecule has 0 amide bonds. The van der Waals surface area contributed by atoms with Crippen LogP contribution in [0.5, 0.6) is 0 Å². The van der Waals surface area contributed by atoms with E-state index in [1.807, 2.05) is 0 Å². The second-order valence-corrected chi connectivity index (χ2v) is 5.27. The molecule has 2 aliphatic rings. The van der Waals surface area contributed by atoms with Crippen LogP contribution >= 0.6 is 0 Å². The van der Waals surface area contributed by atoms with Crippen molar-refractivity contribution < 1.29 is 5.11 Å². The average molecular weight is 197 g/mol. The number of aliphatic hydroxyl groups excluding tert-OH is 1. The van der Waals surface area contributed by atoms with Crippen molar-refractivity contribution in [1.29, 1.82) is 0 Å². The fourth-order valence-electron chi connectivity index (χ4n) is 2.99. The minimum atomic E-state index is 0.375. The minimum absolute atomic E-state index is 0.375. The van der Waals surface area contributed by atoms with Gasteiger partial charge < -0.3 is 10.4 Å². The highest BCUT2D eigenvalue weighted by molar-refractivity contribution is 4.89. The first-order valence-corrected chi connectivity index (χ1v) is 6.16. The van der Waals surface area contributed by atoms with Crippen LogP contribution in [0.25, 0.3) is 0 Å². The molecule has 2 unspecified atom stereocenters. The lowest BCUT2D eigenvalue weighted by Gasteiger charge is -2.40. The first kappa shape index (κ1) is 10.4. The van der Waals surface area contributed by atoms with E-state index in [0.717, 1.165) is 12.0 Å². The van der Waals surface area contributed by atoms with Crippen molar-refractivity contribution in [2.75, 3.05) is 6.61 Å². The molecule has 0 aromatic heterocycles. The Morgan fingerprint density at radius 2 is 1.93 bits per heavy atom. The number of hydrogen-bond acceptors (Lipinski definition) is 2. The van der Waals surface area contributed by atoms with Crippen LogP contribution in [-0.2, 0) is 0 Å². The summed E-state index contributed by atoms with van der Waals surface area (Å²) in [5.74, 6) is 1.45. The molecule has 2 rings (SSSR count). The quantitative estimate of drug-likeness (QED) is 0.724. The van der Waals surface area contributed by atoms with E-state index in [1.54, 1.807) is 0 Å². The Kier molecular flexibility index (Phi) is 3.45. The predicted octanol–water partition coefficient (Wildman–Crippen LogP) is 1.93. The summed E-state index contributed by atoms with van der Waals surface area (Å²) >= 11 is 0. The van der Waals surface area contributed by atoms with Crippen molar-refractivity contribution in [3.8, 4) is 0 Å². The van der Waals surface area contributed by atoms with Crippen LogP contribution in [0, 0.1) is 11.8 Å². The monoisotopic (exact) mass is 197 g/mol. The van der Waals surface area contributed by atoms with Crippen LogP contribution < -0.4 is 5.32 Å². The normalized spacial score (nSPS) is 43.3. The van der Waals surface area contributed by atoms with Gasteiger partial charge in [-0.15, -0.1) is 0 Å². The molecule has 0 aromatic rings. The van der Waals surface area contributed by atoms with Gasteiger partial charge in [-0.1, -0.05) is 19.8 Å². The SMILES string of the molecule is CC1CC(NC2CCCCC2CO)C1. The summed E-state index contributed by atoms with van der Waals surface area (Å²) in [4.78, 5) is 0. The van der Waals surface area contributed by atoms with Crippen molar-refractivity contribution >= 4 is 0 Å². The van der Waals surface area contributed by atoms with Gasteiger partial charge in [-0.2, -0.15) is 0 Å². The highest BCUT2D eigenvalue weighted by Crippen LogP contribution is 2.30. The Balaban J connectivity index is 1.77. The summed E-state index contributed by atoms with van der Waals surface area (Å²) in [6.45, 7) is 2.70. The van der Waals surface area contributed by atoms with Crippen LogP contribution in [0.1, 0.15) is 45.4 Å². The summed E-state index contributed by atoms with van der Waals surface area (Å²) in [5, 5.41) is 13.0. The molecule has 0 heterocycles. The highest BCUT2D eigenvalue weighted by Gasteiger charge is 2.31. The first-order valence-electron chi connectivity index (χ1n) is 6.16. The van der Waals surface area contributed by atoms with Gasteiger partial charge in [0.15, 0.2) is 0 Å². The summed E-state index contributed by atoms with van der Waals surface area (Å²) in [6.07, 6.45) is 7.83. The predicted molar refractivity (Wildman–Crippen MR) is 58.2 cm³/mol. The molecule has 2 fully saturated rings. The van der Waals surface area contributed by atoms with Crippen LogP contribution in [0.4, 0.5) is 0 Å². The fraction of sp³-hybridized carbons (Fsp3) is 1.00. The maximum absolute atomic E-state index is 9.28. The van der Waals surface area contributed by atoms with Crippen molar-refractivity contribution in [2.45, 2.75) is 57.5 Å². The van der Waals surface area contributed by atoms with E-state index in [4.69, 9.17) is 0 Å². The van der Waals surface area contributed by atoms with Crippen molar-refractivity contribution in [1.82, 2.24) is 5.32 Å². The molecule has 2 aliphatic carbocycles. The van der Waals surface area contributed by atoms with Gasteiger partial charge in [-0.05, 0) is 37.5 Å². The molecule has 14 heavy (non-hydrogen) atoms. The number of nitrogens with one attached hydrogen (secondary N) is 1. The number of aliphatic hydroxyl groups is 1. The molecule has 0 saturated heterocycles. The molecule has 2 N–H and O–H groups in total. The Hall–Kier alpha value is -0.0800. The molecule has 0 bridgehead atoms. The second-order valence-electron chi connectivity index (χ2n) is 5.27. The third-order valence-electron chi connectivity index (χ3n) is 3.97. The maximum Gasteiger partial charge on any atom is 0.0474 e. The van der Waals surface area contributed by atoms with Gasteiger partial charge in [0.25, 0.3) is 0 Å². The smallest absolute Gasteiger partial charge is 0.0474 e. The molecular weight excluding hydrogens is 174 g/mol. The third-order valence-corrected chi connectivity index (χ3v) is 3.97. The molecule has 0 aromatic carbocycles. The lowest BCUT2D eigenvalue weighted by Crippen LogP contribution is -2.50. The molecule has 2 heteroatoms.